The second-order valence-electron chi connectivity index (χ2n) is 4.72. The maximum Gasteiger partial charge on any atom is 0.265 e. The van der Waals surface area contributed by atoms with Gasteiger partial charge in [0.05, 0.1) is 12.2 Å². The van der Waals surface area contributed by atoms with E-state index in [0.717, 1.165) is 12.1 Å². The molecule has 4 nitrogen and oxygen atoms in total. The van der Waals surface area contributed by atoms with E-state index in [9.17, 15) is 13.6 Å². The van der Waals surface area contributed by atoms with E-state index in [1.165, 1.54) is 4.90 Å². The van der Waals surface area contributed by atoms with Gasteiger partial charge in [-0.2, -0.15) is 0 Å². The van der Waals surface area contributed by atoms with Crippen molar-refractivity contribution in [3.05, 3.63) is 54.1 Å². The Morgan fingerprint density at radius 1 is 1.23 bits per heavy atom. The van der Waals surface area contributed by atoms with Crippen LogP contribution in [0.15, 0.2) is 42.5 Å². The standard InChI is InChI=1S/C16H13F2NO3/c17-11-5-6-14(12(18)9-11)22-10-16(20)19-7-8-21-15-4-2-1-3-13(15)19/h1-6,9H,7-8,10H2. The molecule has 1 aliphatic rings. The highest BCUT2D eigenvalue weighted by atomic mass is 19.1. The Labute approximate surface area is 125 Å². The third-order valence-corrected chi connectivity index (χ3v) is 3.27. The van der Waals surface area contributed by atoms with Crippen LogP contribution in [0.25, 0.3) is 0 Å². The number of halogens is 2. The Morgan fingerprint density at radius 2 is 2.05 bits per heavy atom. The number of fused-ring (bicyclic) bond motifs is 1. The zero-order chi connectivity index (χ0) is 15.5. The molecule has 6 heteroatoms. The zero-order valence-corrected chi connectivity index (χ0v) is 11.6. The molecule has 1 aliphatic heterocycles. The third kappa shape index (κ3) is 2.86. The molecule has 0 spiro atoms. The number of benzene rings is 2. The normalized spacial score (nSPS) is 13.3. The minimum absolute atomic E-state index is 0.156. The largest absolute Gasteiger partial charge is 0.490 e. The van der Waals surface area contributed by atoms with Crippen LogP contribution in [-0.4, -0.2) is 25.7 Å². The van der Waals surface area contributed by atoms with Gasteiger partial charge < -0.3 is 14.4 Å². The van der Waals surface area contributed by atoms with Gasteiger partial charge in [0.25, 0.3) is 5.91 Å². The molecule has 2 aromatic carbocycles. The smallest absolute Gasteiger partial charge is 0.265 e. The van der Waals surface area contributed by atoms with Gasteiger partial charge in [-0.15, -0.1) is 0 Å². The molecule has 0 N–H and O–H groups in total. The summed E-state index contributed by atoms with van der Waals surface area (Å²) in [5.74, 6) is -1.39. The molecule has 0 aliphatic carbocycles. The number of rotatable bonds is 3. The molecule has 1 heterocycles. The van der Waals surface area contributed by atoms with Crippen molar-refractivity contribution >= 4 is 11.6 Å². The molecule has 0 saturated heterocycles. The van der Waals surface area contributed by atoms with Crippen molar-refractivity contribution in [1.82, 2.24) is 0 Å². The molecular weight excluding hydrogens is 292 g/mol. The Morgan fingerprint density at radius 3 is 2.86 bits per heavy atom. The van der Waals surface area contributed by atoms with E-state index in [0.29, 0.717) is 30.7 Å². The van der Waals surface area contributed by atoms with Gasteiger partial charge in [-0.3, -0.25) is 4.79 Å². The van der Waals surface area contributed by atoms with Crippen LogP contribution < -0.4 is 14.4 Å². The van der Waals surface area contributed by atoms with E-state index in [-0.39, 0.29) is 18.3 Å². The maximum atomic E-state index is 13.5. The van der Waals surface area contributed by atoms with Gasteiger partial charge in [0.15, 0.2) is 18.2 Å². The van der Waals surface area contributed by atoms with E-state index in [1.54, 1.807) is 18.2 Å². The van der Waals surface area contributed by atoms with Crippen LogP contribution in [0.1, 0.15) is 0 Å². The van der Waals surface area contributed by atoms with E-state index in [2.05, 4.69) is 0 Å². The first-order valence-electron chi connectivity index (χ1n) is 6.75. The number of ether oxygens (including phenoxy) is 2. The lowest BCUT2D eigenvalue weighted by Gasteiger charge is -2.29. The van der Waals surface area contributed by atoms with Crippen molar-refractivity contribution in [3.8, 4) is 11.5 Å². The third-order valence-electron chi connectivity index (χ3n) is 3.27. The van der Waals surface area contributed by atoms with E-state index >= 15 is 0 Å². The average Bonchev–Trinajstić information content (AvgIpc) is 2.53. The molecule has 114 valence electrons. The van der Waals surface area contributed by atoms with Gasteiger partial charge in [-0.1, -0.05) is 12.1 Å². The SMILES string of the molecule is O=C(COc1ccc(F)cc1F)N1CCOc2ccccc21. The molecule has 22 heavy (non-hydrogen) atoms. The fourth-order valence-corrected chi connectivity index (χ4v) is 2.24. The number of hydrogen-bond donors (Lipinski definition) is 0. The second-order valence-corrected chi connectivity index (χ2v) is 4.72. The van der Waals surface area contributed by atoms with Crippen molar-refractivity contribution in [2.75, 3.05) is 24.7 Å². The minimum Gasteiger partial charge on any atom is -0.490 e. The predicted molar refractivity (Wildman–Crippen MR) is 76.1 cm³/mol. The summed E-state index contributed by atoms with van der Waals surface area (Å²) in [6.45, 7) is 0.440. The number of para-hydroxylation sites is 2. The molecule has 2 aromatic rings. The summed E-state index contributed by atoms with van der Waals surface area (Å²) in [7, 11) is 0. The van der Waals surface area contributed by atoms with Crippen LogP contribution >= 0.6 is 0 Å². The van der Waals surface area contributed by atoms with Crippen LogP contribution in [-0.2, 0) is 4.79 Å². The average molecular weight is 305 g/mol. The first kappa shape index (κ1) is 14.3. The van der Waals surface area contributed by atoms with Gasteiger partial charge in [0.1, 0.15) is 18.2 Å². The highest BCUT2D eigenvalue weighted by Crippen LogP contribution is 2.31. The monoisotopic (exact) mass is 305 g/mol. The van der Waals surface area contributed by atoms with Gasteiger partial charge in [-0.05, 0) is 24.3 Å². The Kier molecular flexibility index (Phi) is 3.91. The molecule has 0 fully saturated rings. The van der Waals surface area contributed by atoms with Crippen LogP contribution in [0.3, 0.4) is 0 Å². The van der Waals surface area contributed by atoms with Crippen molar-refractivity contribution in [2.24, 2.45) is 0 Å². The summed E-state index contributed by atoms with van der Waals surface area (Å²) in [6, 6.07) is 10.1. The van der Waals surface area contributed by atoms with Gasteiger partial charge in [0.2, 0.25) is 0 Å². The van der Waals surface area contributed by atoms with Crippen LogP contribution in [0.5, 0.6) is 11.5 Å². The van der Waals surface area contributed by atoms with Crippen molar-refractivity contribution < 1.29 is 23.0 Å². The Bertz CT molecular complexity index is 706. The molecule has 0 bridgehead atoms. The molecule has 0 atom stereocenters. The number of nitrogens with zero attached hydrogens (tertiary/aromatic N) is 1. The number of carbonyl (C=O) groups excluding carboxylic acids is 1. The Balaban J connectivity index is 1.70. The van der Waals surface area contributed by atoms with Gasteiger partial charge >= 0.3 is 0 Å². The Hall–Kier alpha value is -2.63. The van der Waals surface area contributed by atoms with Crippen LogP contribution in [0.4, 0.5) is 14.5 Å². The van der Waals surface area contributed by atoms with E-state index in [1.807, 2.05) is 6.07 Å². The van der Waals surface area contributed by atoms with Crippen LogP contribution in [0.2, 0.25) is 0 Å². The lowest BCUT2D eigenvalue weighted by Crippen LogP contribution is -2.40. The van der Waals surface area contributed by atoms with Crippen molar-refractivity contribution in [1.29, 1.82) is 0 Å². The van der Waals surface area contributed by atoms with Crippen molar-refractivity contribution in [2.45, 2.75) is 0 Å². The topological polar surface area (TPSA) is 38.8 Å². The molecule has 0 saturated carbocycles. The molecule has 0 unspecified atom stereocenters. The predicted octanol–water partition coefficient (Wildman–Crippen LogP) is 2.77. The number of carbonyl (C=O) groups is 1. The quantitative estimate of drug-likeness (QED) is 0.875. The summed E-state index contributed by atoms with van der Waals surface area (Å²) in [5, 5.41) is 0. The summed E-state index contributed by atoms with van der Waals surface area (Å²) < 4.78 is 36.9. The molecule has 1 amide bonds. The van der Waals surface area contributed by atoms with Crippen LogP contribution in [0, 0.1) is 11.6 Å². The summed E-state index contributed by atoms with van der Waals surface area (Å²) >= 11 is 0. The fraction of sp³-hybridized carbons (Fsp3) is 0.188. The van der Waals surface area contributed by atoms with E-state index < -0.39 is 11.6 Å². The van der Waals surface area contributed by atoms with Crippen molar-refractivity contribution in [3.63, 3.8) is 0 Å². The highest BCUT2D eigenvalue weighted by molar-refractivity contribution is 5.96. The summed E-state index contributed by atoms with van der Waals surface area (Å²) in [5.41, 5.74) is 0.655. The lowest BCUT2D eigenvalue weighted by molar-refractivity contribution is -0.120. The van der Waals surface area contributed by atoms with Gasteiger partial charge in [0, 0.05) is 6.07 Å². The highest BCUT2D eigenvalue weighted by Gasteiger charge is 2.23. The second kappa shape index (κ2) is 6.01. The summed E-state index contributed by atoms with van der Waals surface area (Å²) in [6.07, 6.45) is 0. The zero-order valence-electron chi connectivity index (χ0n) is 11.6. The molecular formula is C16H13F2NO3. The molecule has 0 aromatic heterocycles. The lowest BCUT2D eigenvalue weighted by atomic mass is 10.2. The maximum absolute atomic E-state index is 13.5. The molecule has 0 radical (unpaired) electrons. The summed E-state index contributed by atoms with van der Waals surface area (Å²) in [4.78, 5) is 13.8. The fourth-order valence-electron chi connectivity index (χ4n) is 2.24. The van der Waals surface area contributed by atoms with E-state index in [4.69, 9.17) is 9.47 Å². The number of amides is 1. The molecule has 3 rings (SSSR count). The van der Waals surface area contributed by atoms with Gasteiger partial charge in [-0.25, -0.2) is 8.78 Å². The number of hydrogen-bond acceptors (Lipinski definition) is 3. The first-order valence-corrected chi connectivity index (χ1v) is 6.75. The number of anilines is 1. The first-order chi connectivity index (χ1) is 10.6. The minimum atomic E-state index is -0.838.